The van der Waals surface area contributed by atoms with Crippen molar-refractivity contribution in [1.29, 1.82) is 0 Å². The number of aliphatic carboxylic acids is 1. The van der Waals surface area contributed by atoms with Crippen LogP contribution >= 0.6 is 54.9 Å². The van der Waals surface area contributed by atoms with Gasteiger partial charge in [0, 0.05) is 48.8 Å². The molecule has 0 saturated carbocycles. The molecule has 16 N–H and O–H groups in total. The Hall–Kier alpha value is -6.12. The van der Waals surface area contributed by atoms with Crippen LogP contribution in [0.5, 0.6) is 11.5 Å². The molecule has 0 aromatic heterocycles. The summed E-state index contributed by atoms with van der Waals surface area (Å²) in [5, 5.41) is 61.6. The van der Waals surface area contributed by atoms with Gasteiger partial charge in [0.05, 0.1) is 12.1 Å². The lowest BCUT2D eigenvalue weighted by molar-refractivity contribution is -0.142. The van der Waals surface area contributed by atoms with Gasteiger partial charge >= 0.3 is 5.97 Å². The number of carbonyl (C=O) groups excluding carboxylic acids is 10. The number of phenols is 2. The molecule has 3 fully saturated rings. The average molecular weight is 1210 g/mol. The van der Waals surface area contributed by atoms with Crippen molar-refractivity contribution in [2.45, 2.75) is 118 Å². The number of phenolic OH excluding ortho intramolecular Hbond substituents is 2. The molecule has 3 heterocycles. The van der Waals surface area contributed by atoms with E-state index < -0.39 is 144 Å². The Labute approximate surface area is 480 Å². The number of fused-ring (bicyclic) bond motifs is 6. The molecule has 11 atom stereocenters. The van der Waals surface area contributed by atoms with Crippen molar-refractivity contribution in [3.05, 3.63) is 59.7 Å². The molecule has 5 rings (SSSR count). The number of rotatable bonds is 12. The van der Waals surface area contributed by atoms with Crippen molar-refractivity contribution in [3.63, 3.8) is 0 Å². The minimum Gasteiger partial charge on any atom is -0.508 e. The Morgan fingerprint density at radius 1 is 0.625 bits per heavy atom. The predicted molar refractivity (Wildman–Crippen MR) is 302 cm³/mol. The summed E-state index contributed by atoms with van der Waals surface area (Å²) in [6, 6.07) is -3.33. The zero-order chi connectivity index (χ0) is 58.6. The number of amides is 10. The van der Waals surface area contributed by atoms with Gasteiger partial charge in [0.25, 0.3) is 0 Å². The van der Waals surface area contributed by atoms with E-state index in [9.17, 15) is 73.2 Å². The van der Waals surface area contributed by atoms with E-state index in [1.54, 1.807) is 6.26 Å². The highest BCUT2D eigenvalue weighted by molar-refractivity contribution is 8.77. The van der Waals surface area contributed by atoms with E-state index in [1.165, 1.54) is 72.1 Å². The molecule has 0 unspecified atom stereocenters. The number of hydrogen-bond acceptors (Lipinski definition) is 20. The topological polar surface area (TPSA) is 420 Å². The number of carboxylic acids is 1. The van der Waals surface area contributed by atoms with E-state index in [1.807, 2.05) is 0 Å². The molecular formula is C49H67N11O15S5. The largest absolute Gasteiger partial charge is 0.508 e. The van der Waals surface area contributed by atoms with Crippen LogP contribution in [-0.4, -0.2) is 198 Å². The van der Waals surface area contributed by atoms with Crippen LogP contribution in [0.2, 0.25) is 0 Å². The molecule has 3 saturated heterocycles. The molecule has 2 bridgehead atoms. The van der Waals surface area contributed by atoms with Gasteiger partial charge in [-0.1, -0.05) is 67.4 Å². The molecule has 0 aliphatic carbocycles. The van der Waals surface area contributed by atoms with E-state index >= 15 is 0 Å². The van der Waals surface area contributed by atoms with Gasteiger partial charge < -0.3 is 79.3 Å². The van der Waals surface area contributed by atoms with Gasteiger partial charge in [-0.25, -0.2) is 4.79 Å². The molecular weight excluding hydrogens is 1140 g/mol. The van der Waals surface area contributed by atoms with Crippen LogP contribution in [0.3, 0.4) is 0 Å². The maximum atomic E-state index is 14.6. The lowest BCUT2D eigenvalue weighted by atomic mass is 10.0. The van der Waals surface area contributed by atoms with Crippen LogP contribution in [0, 0.1) is 0 Å². The molecule has 10 amide bonds. The Kier molecular flexibility index (Phi) is 25.7. The molecule has 3 aliphatic rings. The number of nitrogens with one attached hydrogen (secondary N) is 8. The van der Waals surface area contributed by atoms with Crippen molar-refractivity contribution in [2.24, 2.45) is 11.5 Å². The highest BCUT2D eigenvalue weighted by Crippen LogP contribution is 2.27. The van der Waals surface area contributed by atoms with E-state index in [4.69, 9.17) is 11.5 Å². The summed E-state index contributed by atoms with van der Waals surface area (Å²) in [4.78, 5) is 154. The molecule has 3 aliphatic heterocycles. The highest BCUT2D eigenvalue weighted by atomic mass is 33.1. The zero-order valence-corrected chi connectivity index (χ0v) is 47.7. The van der Waals surface area contributed by atoms with Crippen LogP contribution in [0.1, 0.15) is 50.2 Å². The molecule has 2 aromatic rings. The average Bonchev–Trinajstić information content (AvgIpc) is 3.92. The third-order valence-corrected chi connectivity index (χ3v) is 18.3. The van der Waals surface area contributed by atoms with Crippen LogP contribution < -0.4 is 54.0 Å². The molecule has 2 aromatic carbocycles. The first-order valence-corrected chi connectivity index (χ1v) is 31.6. The van der Waals surface area contributed by atoms with Gasteiger partial charge in [-0.2, -0.15) is 11.8 Å². The quantitative estimate of drug-likeness (QED) is 0.0966. The smallest absolute Gasteiger partial charge is 0.327 e. The number of aliphatic hydroxyl groups excluding tert-OH is 1. The van der Waals surface area contributed by atoms with Crippen LogP contribution in [0.25, 0.3) is 0 Å². The standard InChI is InChI=1S/C49H67N11O15S5/c1-24(61)39-47(72)56-34-21-78-79-22-35(48(73)60-16-3-4-37(60)46(71)59-39)57-44(69)32(18-25-5-9-27(62)10-6-25)54-40(65)29(50)20-77-80-23-36(49(74)75)58-42(67)31(15-17-76-2)53-41(66)30(13-14-38(51)64)52-43(68)33(55-45(34)70)19-26-7-11-28(63)12-8-26/h5-12,24,29-37,39,61-63H,3-4,13-23,50H2,1-2H3,(H2,51,64)(H,52,68)(H,53,66)(H,54,65)(H,55,70)(H,56,72)(H,57,69)(H,58,67)(H,59,71)(H,74,75)/t24-,29+,30+,31+,32+,33+,34+,35+,36+,37+,39+/m1/s1. The lowest BCUT2D eigenvalue weighted by Gasteiger charge is -2.32. The second-order valence-electron chi connectivity index (χ2n) is 19.0. The number of primary amides is 1. The molecule has 26 nitrogen and oxygen atoms in total. The number of hydrogen-bond donors (Lipinski definition) is 14. The number of carbonyl (C=O) groups is 11. The normalized spacial score (nSPS) is 27.3. The monoisotopic (exact) mass is 1210 g/mol. The Morgan fingerprint density at radius 3 is 1.68 bits per heavy atom. The minimum atomic E-state index is -1.69. The Balaban J connectivity index is 1.58. The first-order valence-electron chi connectivity index (χ1n) is 25.3. The summed E-state index contributed by atoms with van der Waals surface area (Å²) in [6.07, 6.45) is -0.719. The van der Waals surface area contributed by atoms with Gasteiger partial charge in [-0.05, 0) is 80.0 Å². The van der Waals surface area contributed by atoms with Crippen molar-refractivity contribution in [3.8, 4) is 11.5 Å². The molecule has 0 spiro atoms. The first kappa shape index (κ1) is 64.7. The molecule has 80 heavy (non-hydrogen) atoms. The summed E-state index contributed by atoms with van der Waals surface area (Å²) in [7, 11) is 3.90. The van der Waals surface area contributed by atoms with Gasteiger partial charge in [0.1, 0.15) is 65.9 Å². The second kappa shape index (κ2) is 31.8. The molecule has 31 heteroatoms. The Bertz CT molecular complexity index is 2560. The maximum Gasteiger partial charge on any atom is 0.327 e. The third-order valence-electron chi connectivity index (χ3n) is 12.8. The van der Waals surface area contributed by atoms with Crippen LogP contribution in [0.15, 0.2) is 48.5 Å². The van der Waals surface area contributed by atoms with Gasteiger partial charge in [0.15, 0.2) is 0 Å². The number of benzene rings is 2. The fourth-order valence-electron chi connectivity index (χ4n) is 8.35. The predicted octanol–water partition coefficient (Wildman–Crippen LogP) is -2.65. The van der Waals surface area contributed by atoms with Crippen molar-refractivity contribution >= 4 is 120 Å². The zero-order valence-electron chi connectivity index (χ0n) is 43.6. The minimum absolute atomic E-state index is 0.0300. The van der Waals surface area contributed by atoms with Crippen LogP contribution in [0.4, 0.5) is 0 Å². The van der Waals surface area contributed by atoms with Crippen molar-refractivity contribution in [1.82, 2.24) is 47.4 Å². The van der Waals surface area contributed by atoms with Crippen LogP contribution in [-0.2, 0) is 65.6 Å². The van der Waals surface area contributed by atoms with Gasteiger partial charge in [-0.3, -0.25) is 47.9 Å². The fourth-order valence-corrected chi connectivity index (χ4v) is 13.4. The van der Waals surface area contributed by atoms with Gasteiger partial charge in [0.2, 0.25) is 59.1 Å². The van der Waals surface area contributed by atoms with E-state index in [0.717, 1.165) is 43.2 Å². The van der Waals surface area contributed by atoms with E-state index in [0.29, 0.717) is 17.5 Å². The number of thioether (sulfide) groups is 1. The highest BCUT2D eigenvalue weighted by Gasteiger charge is 2.42. The number of nitrogens with zero attached hydrogens (tertiary/aromatic N) is 1. The summed E-state index contributed by atoms with van der Waals surface area (Å²) >= 11 is 1.31. The number of aromatic hydroxyl groups is 2. The van der Waals surface area contributed by atoms with Crippen molar-refractivity contribution < 1.29 is 73.2 Å². The molecule has 438 valence electrons. The molecule has 0 radical (unpaired) electrons. The summed E-state index contributed by atoms with van der Waals surface area (Å²) in [6.45, 7) is 1.29. The summed E-state index contributed by atoms with van der Waals surface area (Å²) in [5.74, 6) is -11.2. The maximum absolute atomic E-state index is 14.6. The van der Waals surface area contributed by atoms with E-state index in [-0.39, 0.29) is 72.5 Å². The third kappa shape index (κ3) is 19.8. The summed E-state index contributed by atoms with van der Waals surface area (Å²) in [5.41, 5.74) is 12.6. The van der Waals surface area contributed by atoms with E-state index in [2.05, 4.69) is 42.5 Å². The number of nitrogens with two attached hydrogens (primary N) is 2. The first-order chi connectivity index (χ1) is 38.0. The fraction of sp³-hybridized carbons (Fsp3) is 0.531. The van der Waals surface area contributed by atoms with Crippen molar-refractivity contribution in [2.75, 3.05) is 41.6 Å². The number of aliphatic hydroxyl groups is 1. The summed E-state index contributed by atoms with van der Waals surface area (Å²) < 4.78 is 0. The van der Waals surface area contributed by atoms with Gasteiger partial charge in [-0.15, -0.1) is 0 Å². The second-order valence-corrected chi connectivity index (χ2v) is 25.0. The number of carboxylic acid groups (broad SMARTS) is 1. The SMILES string of the molecule is CSCC[C@@H]1NC(=O)[C@H](CCC(N)=O)NC(=O)[C@H](Cc2ccc(O)cc2)NC(=O)[C@@H]2CSSC[C@H](NC(=O)[C@H](Cc3ccc(O)cc3)NC(=O)[C@@H](N)CSSC[C@@H](C(=O)O)NC1=O)C(=O)N1CCC[C@H]1C(=O)N[C@@H]([C@@H](C)O)C(=O)N2. The lowest BCUT2D eigenvalue weighted by Crippen LogP contribution is -2.62. The Morgan fingerprint density at radius 2 is 1.11 bits per heavy atom.